The minimum absolute atomic E-state index is 0.00447. The van der Waals surface area contributed by atoms with Crippen molar-refractivity contribution < 1.29 is 4.74 Å². The van der Waals surface area contributed by atoms with E-state index in [0.717, 1.165) is 5.69 Å². The summed E-state index contributed by atoms with van der Waals surface area (Å²) in [5, 5.41) is 3.96. The van der Waals surface area contributed by atoms with E-state index in [0.29, 0.717) is 16.3 Å². The second kappa shape index (κ2) is 6.47. The molecule has 0 fully saturated rings. The van der Waals surface area contributed by atoms with Gasteiger partial charge in [-0.3, -0.25) is 0 Å². The Morgan fingerprint density at radius 1 is 1.15 bits per heavy atom. The Morgan fingerprint density at radius 2 is 1.95 bits per heavy atom. The van der Waals surface area contributed by atoms with Gasteiger partial charge in [0.2, 0.25) is 11.1 Å². The Balaban J connectivity index is 2.26. The summed E-state index contributed by atoms with van der Waals surface area (Å²) in [6.45, 7) is 5.74. The summed E-state index contributed by atoms with van der Waals surface area (Å²) < 4.78 is 5.50. The van der Waals surface area contributed by atoms with Crippen molar-refractivity contribution in [2.45, 2.75) is 37.2 Å². The van der Waals surface area contributed by atoms with Crippen molar-refractivity contribution in [2.24, 2.45) is 0 Å². The molecule has 1 N–H and O–H groups in total. The summed E-state index contributed by atoms with van der Waals surface area (Å²) in [5.74, 6) is 0.450. The first-order chi connectivity index (χ1) is 9.56. The van der Waals surface area contributed by atoms with Crippen LogP contribution >= 0.6 is 11.8 Å². The molecule has 0 aromatic carbocycles. The lowest BCUT2D eigenvalue weighted by Crippen LogP contribution is -2.11. The summed E-state index contributed by atoms with van der Waals surface area (Å²) in [6, 6.07) is 2.12. The third-order valence-electron chi connectivity index (χ3n) is 2.11. The zero-order chi connectivity index (χ0) is 14.5. The fraction of sp³-hybridized carbons (Fsp3) is 0.417. The molecule has 2 aromatic rings. The van der Waals surface area contributed by atoms with Gasteiger partial charge in [0.25, 0.3) is 0 Å². The van der Waals surface area contributed by atoms with Crippen LogP contribution in [0.3, 0.4) is 0 Å². The zero-order valence-corrected chi connectivity index (χ0v) is 12.6. The lowest BCUT2D eigenvalue weighted by molar-refractivity contribution is 0.219. The topological polar surface area (TPSA) is 85.7 Å². The Labute approximate surface area is 121 Å². The lowest BCUT2D eigenvalue weighted by atomic mass is 10.5. The minimum Gasteiger partial charge on any atom is -0.461 e. The summed E-state index contributed by atoms with van der Waals surface area (Å²) in [5.41, 5.74) is 0.893. The van der Waals surface area contributed by atoms with E-state index in [1.165, 1.54) is 11.8 Å². The number of anilines is 1. The molecular weight excluding hydrogens is 276 g/mol. The molecule has 8 heteroatoms. The summed E-state index contributed by atoms with van der Waals surface area (Å²) in [4.78, 5) is 21.1. The third-order valence-corrected chi connectivity index (χ3v) is 2.86. The fourth-order valence-electron chi connectivity index (χ4n) is 1.32. The zero-order valence-electron chi connectivity index (χ0n) is 11.8. The molecule has 0 atom stereocenters. The van der Waals surface area contributed by atoms with Gasteiger partial charge >= 0.3 is 6.01 Å². The monoisotopic (exact) mass is 292 g/mol. The molecule has 0 saturated heterocycles. The molecule has 106 valence electrons. The van der Waals surface area contributed by atoms with Crippen molar-refractivity contribution in [1.82, 2.24) is 24.9 Å². The maximum Gasteiger partial charge on any atom is 0.322 e. The van der Waals surface area contributed by atoms with Crippen LogP contribution in [0.2, 0.25) is 0 Å². The standard InChI is InChI=1S/C12H16N6OS/c1-7(2)19-10-16-9(13-4)17-12(18-10)20-11-14-6-5-8(3)15-11/h5-7H,1-4H3,(H,13,16,17,18). The van der Waals surface area contributed by atoms with Crippen molar-refractivity contribution in [1.29, 1.82) is 0 Å². The molecule has 0 aliphatic heterocycles. The van der Waals surface area contributed by atoms with Crippen LogP contribution in [0.15, 0.2) is 22.6 Å². The summed E-state index contributed by atoms with van der Waals surface area (Å²) in [6.07, 6.45) is 1.70. The van der Waals surface area contributed by atoms with Crippen LogP contribution in [0.1, 0.15) is 19.5 Å². The molecule has 0 saturated carbocycles. The maximum absolute atomic E-state index is 5.50. The van der Waals surface area contributed by atoms with E-state index in [4.69, 9.17) is 4.74 Å². The van der Waals surface area contributed by atoms with Crippen molar-refractivity contribution in [3.63, 3.8) is 0 Å². The smallest absolute Gasteiger partial charge is 0.322 e. The largest absolute Gasteiger partial charge is 0.461 e. The van der Waals surface area contributed by atoms with Gasteiger partial charge in [0.1, 0.15) is 0 Å². The molecule has 7 nitrogen and oxygen atoms in total. The molecule has 0 spiro atoms. The Hall–Kier alpha value is -1.96. The quantitative estimate of drug-likeness (QED) is 0.837. The molecule has 20 heavy (non-hydrogen) atoms. The number of hydrogen-bond donors (Lipinski definition) is 1. The molecule has 0 aliphatic rings. The number of nitrogens with zero attached hydrogens (tertiary/aromatic N) is 5. The number of hydrogen-bond acceptors (Lipinski definition) is 8. The average Bonchev–Trinajstić information content (AvgIpc) is 2.37. The molecule has 0 bridgehead atoms. The number of aryl methyl sites for hydroxylation is 1. The summed E-state index contributed by atoms with van der Waals surface area (Å²) >= 11 is 1.27. The highest BCUT2D eigenvalue weighted by Crippen LogP contribution is 2.23. The predicted molar refractivity (Wildman–Crippen MR) is 76.0 cm³/mol. The first kappa shape index (κ1) is 14.4. The van der Waals surface area contributed by atoms with Gasteiger partial charge < -0.3 is 10.1 Å². The van der Waals surface area contributed by atoms with Gasteiger partial charge in [-0.2, -0.15) is 15.0 Å². The van der Waals surface area contributed by atoms with Crippen molar-refractivity contribution >= 4 is 17.7 Å². The number of ether oxygens (including phenoxy) is 1. The van der Waals surface area contributed by atoms with Crippen molar-refractivity contribution in [3.8, 4) is 6.01 Å². The Morgan fingerprint density at radius 3 is 2.60 bits per heavy atom. The van der Waals surface area contributed by atoms with E-state index in [-0.39, 0.29) is 12.1 Å². The number of rotatable bonds is 5. The number of nitrogens with one attached hydrogen (secondary N) is 1. The Kier molecular flexibility index (Phi) is 4.67. The van der Waals surface area contributed by atoms with Crippen LogP contribution in [0.5, 0.6) is 6.01 Å². The molecule has 2 rings (SSSR count). The molecular formula is C12H16N6OS. The maximum atomic E-state index is 5.50. The van der Waals surface area contributed by atoms with Gasteiger partial charge in [-0.05, 0) is 38.6 Å². The minimum atomic E-state index is -0.00447. The van der Waals surface area contributed by atoms with Gasteiger partial charge in [0, 0.05) is 18.9 Å². The van der Waals surface area contributed by atoms with Gasteiger partial charge in [0.15, 0.2) is 5.16 Å². The molecule has 2 heterocycles. The number of aromatic nitrogens is 5. The highest BCUT2D eigenvalue weighted by molar-refractivity contribution is 7.99. The van der Waals surface area contributed by atoms with E-state index in [1.807, 2.05) is 26.8 Å². The van der Waals surface area contributed by atoms with Gasteiger partial charge in [-0.1, -0.05) is 0 Å². The van der Waals surface area contributed by atoms with Crippen molar-refractivity contribution in [2.75, 3.05) is 12.4 Å². The van der Waals surface area contributed by atoms with E-state index in [1.54, 1.807) is 13.2 Å². The molecule has 0 aliphatic carbocycles. The van der Waals surface area contributed by atoms with Crippen LogP contribution in [-0.4, -0.2) is 38.1 Å². The molecule has 0 radical (unpaired) electrons. The van der Waals surface area contributed by atoms with Crippen LogP contribution in [0, 0.1) is 6.92 Å². The van der Waals surface area contributed by atoms with Gasteiger partial charge in [0.05, 0.1) is 6.10 Å². The van der Waals surface area contributed by atoms with Crippen LogP contribution in [-0.2, 0) is 0 Å². The predicted octanol–water partition coefficient (Wildman–Crippen LogP) is 1.95. The molecule has 0 unspecified atom stereocenters. The van der Waals surface area contributed by atoms with E-state index in [2.05, 4.69) is 30.2 Å². The van der Waals surface area contributed by atoms with Crippen LogP contribution < -0.4 is 10.1 Å². The average molecular weight is 292 g/mol. The second-order valence-corrected chi connectivity index (χ2v) is 5.16. The SMILES string of the molecule is CNc1nc(OC(C)C)nc(Sc2nccc(C)n2)n1. The molecule has 0 amide bonds. The molecule has 2 aromatic heterocycles. The normalized spacial score (nSPS) is 10.7. The van der Waals surface area contributed by atoms with Gasteiger partial charge in [-0.25, -0.2) is 9.97 Å². The van der Waals surface area contributed by atoms with E-state index in [9.17, 15) is 0 Å². The Bertz CT molecular complexity index is 592. The lowest BCUT2D eigenvalue weighted by Gasteiger charge is -2.09. The van der Waals surface area contributed by atoms with Crippen LogP contribution in [0.4, 0.5) is 5.95 Å². The van der Waals surface area contributed by atoms with Gasteiger partial charge in [-0.15, -0.1) is 0 Å². The first-order valence-electron chi connectivity index (χ1n) is 6.15. The van der Waals surface area contributed by atoms with E-state index >= 15 is 0 Å². The first-order valence-corrected chi connectivity index (χ1v) is 6.96. The summed E-state index contributed by atoms with van der Waals surface area (Å²) in [7, 11) is 1.74. The van der Waals surface area contributed by atoms with Crippen molar-refractivity contribution in [3.05, 3.63) is 18.0 Å². The fourth-order valence-corrected chi connectivity index (χ4v) is 2.04. The second-order valence-electron chi connectivity index (χ2n) is 4.22. The highest BCUT2D eigenvalue weighted by atomic mass is 32.2. The third kappa shape index (κ3) is 4.02. The van der Waals surface area contributed by atoms with E-state index < -0.39 is 0 Å². The van der Waals surface area contributed by atoms with Crippen LogP contribution in [0.25, 0.3) is 0 Å². The highest BCUT2D eigenvalue weighted by Gasteiger charge is 2.11.